The first-order valence-corrected chi connectivity index (χ1v) is 6.90. The number of rotatable bonds is 5. The van der Waals surface area contributed by atoms with Crippen LogP contribution in [-0.4, -0.2) is 32.8 Å². The molecule has 1 N–H and O–H groups in total. The summed E-state index contributed by atoms with van der Waals surface area (Å²) in [6.45, 7) is 5.52. The van der Waals surface area contributed by atoms with Crippen molar-refractivity contribution < 1.29 is 4.74 Å². The second kappa shape index (κ2) is 6.41. The first kappa shape index (κ1) is 13.7. The van der Waals surface area contributed by atoms with Crippen molar-refractivity contribution in [3.63, 3.8) is 0 Å². The van der Waals surface area contributed by atoms with Crippen LogP contribution in [0, 0.1) is 0 Å². The molecule has 1 aliphatic rings. The summed E-state index contributed by atoms with van der Waals surface area (Å²) >= 11 is 6.32. The lowest BCUT2D eigenvalue weighted by Gasteiger charge is -2.28. The summed E-state index contributed by atoms with van der Waals surface area (Å²) in [5.41, 5.74) is 2.38. The molecule has 1 heterocycles. The van der Waals surface area contributed by atoms with Crippen molar-refractivity contribution in [1.29, 1.82) is 0 Å². The summed E-state index contributed by atoms with van der Waals surface area (Å²) in [6.07, 6.45) is 1.09. The van der Waals surface area contributed by atoms with Crippen LogP contribution in [0.3, 0.4) is 0 Å². The van der Waals surface area contributed by atoms with Crippen molar-refractivity contribution in [3.05, 3.63) is 28.8 Å². The van der Waals surface area contributed by atoms with E-state index in [-0.39, 0.29) is 0 Å². The average molecular weight is 269 g/mol. The van der Waals surface area contributed by atoms with E-state index in [4.69, 9.17) is 16.3 Å². The summed E-state index contributed by atoms with van der Waals surface area (Å²) in [5.74, 6) is 0. The van der Waals surface area contributed by atoms with Crippen molar-refractivity contribution in [3.8, 4) is 0 Å². The Morgan fingerprint density at radius 3 is 3.00 bits per heavy atom. The van der Waals surface area contributed by atoms with E-state index in [2.05, 4.69) is 30.3 Å². The topological polar surface area (TPSA) is 24.5 Å². The first-order valence-electron chi connectivity index (χ1n) is 6.52. The van der Waals surface area contributed by atoms with Crippen LogP contribution in [0.2, 0.25) is 5.02 Å². The highest BCUT2D eigenvalue weighted by atomic mass is 35.5. The molecule has 1 unspecified atom stereocenters. The van der Waals surface area contributed by atoms with Crippen molar-refractivity contribution in [2.75, 3.05) is 31.7 Å². The van der Waals surface area contributed by atoms with E-state index in [0.717, 1.165) is 37.7 Å². The Balaban J connectivity index is 2.21. The molecule has 0 bridgehead atoms. The van der Waals surface area contributed by atoms with Gasteiger partial charge in [-0.05, 0) is 25.1 Å². The van der Waals surface area contributed by atoms with Crippen LogP contribution in [0.5, 0.6) is 0 Å². The number of hydrogen-bond donors (Lipinski definition) is 1. The standard InChI is InChI=1S/C14H21ClN2O/c1-3-16-9-12-13(15)5-4-6-14(12)17(2)11-7-8-18-10-11/h4-6,11,16H,3,7-10H2,1-2H3. The molecule has 3 nitrogen and oxygen atoms in total. The molecular weight excluding hydrogens is 248 g/mol. The normalized spacial score (nSPS) is 19.2. The summed E-state index contributed by atoms with van der Waals surface area (Å²) < 4.78 is 5.46. The SMILES string of the molecule is CCNCc1c(Cl)cccc1N(C)C1CCOC1. The van der Waals surface area contributed by atoms with Gasteiger partial charge in [0.15, 0.2) is 0 Å². The highest BCUT2D eigenvalue weighted by Crippen LogP contribution is 2.29. The van der Waals surface area contributed by atoms with Gasteiger partial charge in [-0.1, -0.05) is 24.6 Å². The smallest absolute Gasteiger partial charge is 0.0670 e. The zero-order valence-electron chi connectivity index (χ0n) is 11.1. The number of ether oxygens (including phenoxy) is 1. The molecule has 2 rings (SSSR count). The Bertz CT molecular complexity index is 391. The number of anilines is 1. The maximum absolute atomic E-state index is 6.32. The van der Waals surface area contributed by atoms with Gasteiger partial charge in [-0.25, -0.2) is 0 Å². The molecule has 0 radical (unpaired) electrons. The molecule has 1 atom stereocenters. The second-order valence-electron chi connectivity index (χ2n) is 4.65. The molecule has 1 fully saturated rings. The molecule has 1 aromatic carbocycles. The number of benzene rings is 1. The minimum atomic E-state index is 0.462. The van der Waals surface area contributed by atoms with Gasteiger partial charge in [-0.3, -0.25) is 0 Å². The maximum Gasteiger partial charge on any atom is 0.0670 e. The van der Waals surface area contributed by atoms with Gasteiger partial charge < -0.3 is 15.0 Å². The maximum atomic E-state index is 6.32. The van der Waals surface area contributed by atoms with Gasteiger partial charge in [0.25, 0.3) is 0 Å². The monoisotopic (exact) mass is 268 g/mol. The van der Waals surface area contributed by atoms with Gasteiger partial charge in [0.1, 0.15) is 0 Å². The second-order valence-corrected chi connectivity index (χ2v) is 5.05. The van der Waals surface area contributed by atoms with E-state index in [0.29, 0.717) is 6.04 Å². The molecule has 0 saturated carbocycles. The number of likely N-dealkylation sites (N-methyl/N-ethyl adjacent to an activating group) is 1. The van der Waals surface area contributed by atoms with Crippen molar-refractivity contribution >= 4 is 17.3 Å². The Kier molecular flexibility index (Phi) is 4.87. The molecular formula is C14H21ClN2O. The molecule has 1 saturated heterocycles. The van der Waals surface area contributed by atoms with E-state index in [1.54, 1.807) is 0 Å². The lowest BCUT2D eigenvalue weighted by molar-refractivity contribution is 0.193. The van der Waals surface area contributed by atoms with Crippen LogP contribution >= 0.6 is 11.6 Å². The van der Waals surface area contributed by atoms with Gasteiger partial charge in [0.05, 0.1) is 12.6 Å². The molecule has 0 aliphatic carbocycles. The van der Waals surface area contributed by atoms with Gasteiger partial charge in [0, 0.05) is 36.5 Å². The van der Waals surface area contributed by atoms with Gasteiger partial charge in [-0.15, -0.1) is 0 Å². The fourth-order valence-electron chi connectivity index (χ4n) is 2.33. The molecule has 100 valence electrons. The molecule has 18 heavy (non-hydrogen) atoms. The van der Waals surface area contributed by atoms with Crippen LogP contribution in [-0.2, 0) is 11.3 Å². The quantitative estimate of drug-likeness (QED) is 0.889. The Morgan fingerprint density at radius 2 is 2.33 bits per heavy atom. The zero-order valence-corrected chi connectivity index (χ0v) is 11.8. The Labute approximate surface area is 114 Å². The Hall–Kier alpha value is -0.770. The van der Waals surface area contributed by atoms with Crippen molar-refractivity contribution in [2.45, 2.75) is 25.9 Å². The molecule has 0 aromatic heterocycles. The lowest BCUT2D eigenvalue weighted by Crippen LogP contribution is -2.33. The van der Waals surface area contributed by atoms with E-state index in [9.17, 15) is 0 Å². The van der Waals surface area contributed by atoms with E-state index in [1.807, 2.05) is 12.1 Å². The summed E-state index contributed by atoms with van der Waals surface area (Å²) in [7, 11) is 2.13. The predicted octanol–water partition coefficient (Wildman–Crippen LogP) is 2.67. The average Bonchev–Trinajstić information content (AvgIpc) is 2.90. The number of halogens is 1. The van der Waals surface area contributed by atoms with Gasteiger partial charge >= 0.3 is 0 Å². The third kappa shape index (κ3) is 2.97. The highest BCUT2D eigenvalue weighted by molar-refractivity contribution is 6.31. The number of nitrogens with one attached hydrogen (secondary N) is 1. The van der Waals surface area contributed by atoms with E-state index < -0.39 is 0 Å². The van der Waals surface area contributed by atoms with Crippen molar-refractivity contribution in [2.24, 2.45) is 0 Å². The first-order chi connectivity index (χ1) is 8.74. The largest absolute Gasteiger partial charge is 0.379 e. The fraction of sp³-hybridized carbons (Fsp3) is 0.571. The molecule has 1 aliphatic heterocycles. The third-order valence-electron chi connectivity index (χ3n) is 3.48. The predicted molar refractivity (Wildman–Crippen MR) is 76.5 cm³/mol. The Morgan fingerprint density at radius 1 is 1.50 bits per heavy atom. The van der Waals surface area contributed by atoms with E-state index >= 15 is 0 Å². The fourth-order valence-corrected chi connectivity index (χ4v) is 2.56. The van der Waals surface area contributed by atoms with Crippen LogP contribution in [0.25, 0.3) is 0 Å². The number of hydrogen-bond acceptors (Lipinski definition) is 3. The molecule has 0 amide bonds. The minimum Gasteiger partial charge on any atom is -0.379 e. The summed E-state index contributed by atoms with van der Waals surface area (Å²) in [5, 5.41) is 4.18. The van der Waals surface area contributed by atoms with Gasteiger partial charge in [-0.2, -0.15) is 0 Å². The van der Waals surface area contributed by atoms with Crippen molar-refractivity contribution in [1.82, 2.24) is 5.32 Å². The number of nitrogens with zero attached hydrogens (tertiary/aromatic N) is 1. The third-order valence-corrected chi connectivity index (χ3v) is 3.83. The minimum absolute atomic E-state index is 0.462. The van der Waals surface area contributed by atoms with Crippen LogP contribution in [0.15, 0.2) is 18.2 Å². The molecule has 4 heteroatoms. The van der Waals surface area contributed by atoms with Gasteiger partial charge in [0.2, 0.25) is 0 Å². The molecule has 1 aromatic rings. The van der Waals surface area contributed by atoms with Crippen LogP contribution in [0.4, 0.5) is 5.69 Å². The molecule has 0 spiro atoms. The zero-order chi connectivity index (χ0) is 13.0. The van der Waals surface area contributed by atoms with Crippen LogP contribution in [0.1, 0.15) is 18.9 Å². The van der Waals surface area contributed by atoms with Crippen LogP contribution < -0.4 is 10.2 Å². The summed E-state index contributed by atoms with van der Waals surface area (Å²) in [4.78, 5) is 2.30. The lowest BCUT2D eigenvalue weighted by atomic mass is 10.1. The highest BCUT2D eigenvalue weighted by Gasteiger charge is 2.22. The van der Waals surface area contributed by atoms with E-state index in [1.165, 1.54) is 11.3 Å². The summed E-state index contributed by atoms with van der Waals surface area (Å²) in [6, 6.07) is 6.57.